The summed E-state index contributed by atoms with van der Waals surface area (Å²) >= 11 is 0. The van der Waals surface area contributed by atoms with Gasteiger partial charge in [-0.05, 0) is 31.1 Å². The topological polar surface area (TPSA) is 60.0 Å². The van der Waals surface area contributed by atoms with Crippen molar-refractivity contribution in [1.82, 2.24) is 19.7 Å². The fourth-order valence-corrected chi connectivity index (χ4v) is 3.75. The molecule has 3 rings (SSSR count). The lowest BCUT2D eigenvalue weighted by molar-refractivity contribution is 0.258. The van der Waals surface area contributed by atoms with Gasteiger partial charge < -0.3 is 5.73 Å². The van der Waals surface area contributed by atoms with Gasteiger partial charge in [0.2, 0.25) is 0 Å². The van der Waals surface area contributed by atoms with Crippen LogP contribution in [0.3, 0.4) is 0 Å². The molecule has 1 aliphatic carbocycles. The monoisotopic (exact) mass is 299 g/mol. The van der Waals surface area contributed by atoms with Gasteiger partial charge in [0.1, 0.15) is 12.2 Å². The number of nitrogens with zero attached hydrogens (tertiary/aromatic N) is 4. The Bertz CT molecular complexity index is 421. The zero-order chi connectivity index (χ0) is 13.2. The minimum Gasteiger partial charge on any atom is -0.327 e. The molecule has 3 unspecified atom stereocenters. The van der Waals surface area contributed by atoms with Crippen LogP contribution < -0.4 is 5.73 Å². The zero-order valence-corrected chi connectivity index (χ0v) is 13.1. The van der Waals surface area contributed by atoms with Crippen molar-refractivity contribution in [1.29, 1.82) is 0 Å². The van der Waals surface area contributed by atoms with Crippen LogP contribution in [0.25, 0.3) is 0 Å². The molecule has 1 aromatic heterocycles. The van der Waals surface area contributed by atoms with Crippen molar-refractivity contribution in [3.05, 3.63) is 12.2 Å². The molecule has 6 heteroatoms. The number of halogens is 1. The van der Waals surface area contributed by atoms with E-state index in [4.69, 9.17) is 5.73 Å². The normalized spacial score (nSPS) is 30.0. The smallest absolute Gasteiger partial charge is 0.141 e. The molecule has 2 aliphatic rings. The first kappa shape index (κ1) is 15.7. The molecule has 0 spiro atoms. The second-order valence-electron chi connectivity index (χ2n) is 6.11. The van der Waals surface area contributed by atoms with E-state index >= 15 is 0 Å². The molecule has 1 saturated carbocycles. The number of hydrogen-bond donors (Lipinski definition) is 1. The predicted octanol–water partition coefficient (Wildman–Crippen LogP) is 1.67. The second-order valence-corrected chi connectivity index (χ2v) is 6.11. The van der Waals surface area contributed by atoms with Crippen LogP contribution in [0.4, 0.5) is 0 Å². The summed E-state index contributed by atoms with van der Waals surface area (Å²) in [5.74, 6) is 2.62. The fraction of sp³-hybridized carbons (Fsp3) is 0.857. The van der Waals surface area contributed by atoms with Crippen molar-refractivity contribution in [2.24, 2.45) is 17.6 Å². The first-order valence-corrected chi connectivity index (χ1v) is 7.62. The van der Waals surface area contributed by atoms with Gasteiger partial charge in [-0.2, -0.15) is 5.10 Å². The average Bonchev–Trinajstić information content (AvgIpc) is 2.98. The van der Waals surface area contributed by atoms with Crippen molar-refractivity contribution < 1.29 is 0 Å². The molecule has 2 heterocycles. The Labute approximate surface area is 127 Å². The van der Waals surface area contributed by atoms with Crippen LogP contribution in [0.1, 0.15) is 38.4 Å². The summed E-state index contributed by atoms with van der Waals surface area (Å²) in [5.41, 5.74) is 6.27. The van der Waals surface area contributed by atoms with Crippen LogP contribution in [-0.4, -0.2) is 38.8 Å². The lowest BCUT2D eigenvalue weighted by Crippen LogP contribution is -2.38. The van der Waals surface area contributed by atoms with Gasteiger partial charge in [0.15, 0.2) is 0 Å². The predicted molar refractivity (Wildman–Crippen MR) is 81.6 cm³/mol. The number of nitrogens with two attached hydrogens (primary N) is 1. The SMILES string of the molecule is CCCn1ncnc1CN1CC2CCCC(N)C2C1.Cl. The number of likely N-dealkylation sites (tertiary alicyclic amines) is 1. The van der Waals surface area contributed by atoms with Gasteiger partial charge >= 0.3 is 0 Å². The molecule has 0 amide bonds. The third-order valence-electron chi connectivity index (χ3n) is 4.73. The van der Waals surface area contributed by atoms with Gasteiger partial charge in [-0.3, -0.25) is 4.90 Å². The summed E-state index contributed by atoms with van der Waals surface area (Å²) < 4.78 is 2.04. The van der Waals surface area contributed by atoms with E-state index in [1.54, 1.807) is 6.33 Å². The Morgan fingerprint density at radius 1 is 1.35 bits per heavy atom. The van der Waals surface area contributed by atoms with Gasteiger partial charge in [-0.1, -0.05) is 13.3 Å². The van der Waals surface area contributed by atoms with Crippen molar-refractivity contribution in [3.63, 3.8) is 0 Å². The minimum atomic E-state index is 0. The molecule has 1 aliphatic heterocycles. The van der Waals surface area contributed by atoms with Crippen LogP contribution in [0, 0.1) is 11.8 Å². The summed E-state index contributed by atoms with van der Waals surface area (Å²) in [6.45, 7) is 6.41. The molecule has 5 nitrogen and oxygen atoms in total. The van der Waals surface area contributed by atoms with E-state index in [1.807, 2.05) is 4.68 Å². The van der Waals surface area contributed by atoms with Crippen LogP contribution in [0.5, 0.6) is 0 Å². The highest BCUT2D eigenvalue weighted by Crippen LogP contribution is 2.35. The van der Waals surface area contributed by atoms with E-state index in [-0.39, 0.29) is 12.4 Å². The summed E-state index contributed by atoms with van der Waals surface area (Å²) in [4.78, 5) is 6.94. The molecule has 0 aromatic carbocycles. The third kappa shape index (κ3) is 3.15. The first-order valence-electron chi connectivity index (χ1n) is 7.62. The van der Waals surface area contributed by atoms with Gasteiger partial charge in [0, 0.05) is 25.7 Å². The lowest BCUT2D eigenvalue weighted by Gasteiger charge is -2.29. The molecular weight excluding hydrogens is 274 g/mol. The van der Waals surface area contributed by atoms with E-state index in [9.17, 15) is 0 Å². The summed E-state index contributed by atoms with van der Waals surface area (Å²) in [6, 6.07) is 0.414. The van der Waals surface area contributed by atoms with Crippen molar-refractivity contribution in [3.8, 4) is 0 Å². The largest absolute Gasteiger partial charge is 0.327 e. The van der Waals surface area contributed by atoms with Crippen LogP contribution >= 0.6 is 12.4 Å². The van der Waals surface area contributed by atoms with E-state index in [0.29, 0.717) is 12.0 Å². The Morgan fingerprint density at radius 3 is 2.95 bits per heavy atom. The Balaban J connectivity index is 0.00000147. The zero-order valence-electron chi connectivity index (χ0n) is 12.2. The van der Waals surface area contributed by atoms with Crippen LogP contribution in [0.2, 0.25) is 0 Å². The summed E-state index contributed by atoms with van der Waals surface area (Å²) in [7, 11) is 0. The standard InChI is InChI=1S/C14H25N5.ClH/c1-2-6-19-14(16-10-17-19)9-18-7-11-4-3-5-13(15)12(11)8-18;/h10-13H,2-9,15H2,1H3;1H. The Morgan fingerprint density at radius 2 is 2.20 bits per heavy atom. The maximum Gasteiger partial charge on any atom is 0.141 e. The van der Waals surface area contributed by atoms with E-state index in [0.717, 1.165) is 37.8 Å². The highest BCUT2D eigenvalue weighted by Gasteiger charge is 2.38. The third-order valence-corrected chi connectivity index (χ3v) is 4.73. The first-order chi connectivity index (χ1) is 9.28. The highest BCUT2D eigenvalue weighted by atomic mass is 35.5. The van der Waals surface area contributed by atoms with Gasteiger partial charge in [-0.15, -0.1) is 12.4 Å². The summed E-state index contributed by atoms with van der Waals surface area (Å²) in [6.07, 6.45) is 6.66. The number of rotatable bonds is 4. The van der Waals surface area contributed by atoms with Gasteiger partial charge in [0.25, 0.3) is 0 Å². The number of aryl methyl sites for hydroxylation is 1. The van der Waals surface area contributed by atoms with Gasteiger partial charge in [-0.25, -0.2) is 9.67 Å². The Hall–Kier alpha value is -0.650. The fourth-order valence-electron chi connectivity index (χ4n) is 3.75. The molecule has 20 heavy (non-hydrogen) atoms. The number of fused-ring (bicyclic) bond motifs is 1. The summed E-state index contributed by atoms with van der Waals surface area (Å²) in [5, 5.41) is 4.31. The van der Waals surface area contributed by atoms with Gasteiger partial charge in [0.05, 0.1) is 6.54 Å². The van der Waals surface area contributed by atoms with Crippen LogP contribution in [-0.2, 0) is 13.1 Å². The lowest BCUT2D eigenvalue weighted by atomic mass is 9.78. The van der Waals surface area contributed by atoms with Crippen LogP contribution in [0.15, 0.2) is 6.33 Å². The molecule has 0 radical (unpaired) electrons. The molecule has 0 bridgehead atoms. The van der Waals surface area contributed by atoms with Crippen molar-refractivity contribution >= 4 is 12.4 Å². The number of aromatic nitrogens is 3. The van der Waals surface area contributed by atoms with Crippen molar-refractivity contribution in [2.75, 3.05) is 13.1 Å². The minimum absolute atomic E-state index is 0. The highest BCUT2D eigenvalue weighted by molar-refractivity contribution is 5.85. The molecular formula is C14H26ClN5. The second kappa shape index (κ2) is 6.87. The molecule has 2 fully saturated rings. The molecule has 3 atom stereocenters. The maximum atomic E-state index is 6.27. The van der Waals surface area contributed by atoms with E-state index in [1.165, 1.54) is 25.8 Å². The molecule has 2 N–H and O–H groups in total. The quantitative estimate of drug-likeness (QED) is 0.919. The van der Waals surface area contributed by atoms with E-state index in [2.05, 4.69) is 21.9 Å². The Kier molecular flexibility index (Phi) is 5.41. The molecule has 114 valence electrons. The molecule has 1 aromatic rings. The van der Waals surface area contributed by atoms with Crippen molar-refractivity contribution in [2.45, 2.75) is 51.7 Å². The molecule has 1 saturated heterocycles. The average molecular weight is 300 g/mol. The van der Waals surface area contributed by atoms with E-state index < -0.39 is 0 Å². The maximum absolute atomic E-state index is 6.27. The number of hydrogen-bond acceptors (Lipinski definition) is 4.